The minimum absolute atomic E-state index is 0.00184. The van der Waals surface area contributed by atoms with Gasteiger partial charge in [-0.15, -0.1) is 0 Å². The van der Waals surface area contributed by atoms with Crippen molar-refractivity contribution < 1.29 is 114 Å². The molecule has 31 atom stereocenters. The molecule has 78 heavy (non-hydrogen) atoms. The first-order valence-electron chi connectivity index (χ1n) is 28.5. The predicted octanol–water partition coefficient (Wildman–Crippen LogP) is -2.33. The summed E-state index contributed by atoms with van der Waals surface area (Å²) in [5.74, 6) is -0.305. The molecule has 23 heteroatoms. The molecule has 0 bridgehead atoms. The van der Waals surface area contributed by atoms with Crippen LogP contribution in [0.2, 0.25) is 0 Å². The lowest BCUT2D eigenvalue weighted by atomic mass is 9.41. The van der Waals surface area contributed by atoms with Gasteiger partial charge in [0, 0.05) is 19.4 Å². The second-order valence-electron chi connectivity index (χ2n) is 26.4. The van der Waals surface area contributed by atoms with Gasteiger partial charge in [-0.1, -0.05) is 46.3 Å². The summed E-state index contributed by atoms with van der Waals surface area (Å²) in [5, 5.41) is 149. The first kappa shape index (κ1) is 60.0. The van der Waals surface area contributed by atoms with Gasteiger partial charge in [-0.2, -0.15) is 0 Å². The van der Waals surface area contributed by atoms with Gasteiger partial charge < -0.3 is 114 Å². The number of rotatable bonds is 15. The molecule has 10 fully saturated rings. The highest BCUT2D eigenvalue weighted by molar-refractivity contribution is 5.33. The molecular weight excluding hydrogens is 1030 g/mol. The number of aliphatic hydroxyl groups is 14. The number of aliphatic hydroxyl groups excluding tert-OH is 14. The lowest BCUT2D eigenvalue weighted by Crippen LogP contribution is -2.68. The number of hydrogen-bond acceptors (Lipinski definition) is 23. The lowest BCUT2D eigenvalue weighted by molar-refractivity contribution is -0.385. The van der Waals surface area contributed by atoms with E-state index >= 15 is 0 Å². The van der Waals surface area contributed by atoms with Gasteiger partial charge in [0.25, 0.3) is 0 Å². The molecule has 0 amide bonds. The van der Waals surface area contributed by atoms with Crippen molar-refractivity contribution >= 4 is 0 Å². The van der Waals surface area contributed by atoms with Crippen molar-refractivity contribution in [3.05, 3.63) is 11.6 Å². The van der Waals surface area contributed by atoms with Gasteiger partial charge in [0.1, 0.15) is 97.7 Å². The fraction of sp³-hybridized carbons (Fsp3) is 0.964. The van der Waals surface area contributed by atoms with Crippen molar-refractivity contribution in [2.75, 3.05) is 40.1 Å². The van der Waals surface area contributed by atoms with Gasteiger partial charge in [0.05, 0.1) is 45.2 Å². The fourth-order valence-corrected chi connectivity index (χ4v) is 18.5. The maximum Gasteiger partial charge on any atom is 0.187 e. The van der Waals surface area contributed by atoms with E-state index in [2.05, 4.69) is 40.7 Å². The van der Waals surface area contributed by atoms with E-state index in [1.54, 1.807) is 7.11 Å². The second-order valence-corrected chi connectivity index (χ2v) is 26.4. The molecule has 0 radical (unpaired) electrons. The van der Waals surface area contributed by atoms with Crippen LogP contribution >= 0.6 is 0 Å². The van der Waals surface area contributed by atoms with Gasteiger partial charge in [0.15, 0.2) is 24.7 Å². The van der Waals surface area contributed by atoms with Crippen molar-refractivity contribution in [3.8, 4) is 0 Å². The Morgan fingerprint density at radius 2 is 1.05 bits per heavy atom. The van der Waals surface area contributed by atoms with Gasteiger partial charge in [-0.05, 0) is 109 Å². The van der Waals surface area contributed by atoms with E-state index in [0.717, 1.165) is 50.5 Å². The van der Waals surface area contributed by atoms with Crippen LogP contribution in [0.3, 0.4) is 0 Å². The van der Waals surface area contributed by atoms with Crippen LogP contribution in [-0.4, -0.2) is 246 Å². The topological polar surface area (TPSA) is 366 Å². The van der Waals surface area contributed by atoms with Crippen LogP contribution < -0.4 is 0 Å². The molecule has 0 aromatic rings. The highest BCUT2D eigenvalue weighted by atomic mass is 16.8. The van der Waals surface area contributed by atoms with Crippen LogP contribution in [0, 0.1) is 56.7 Å². The molecule has 23 nitrogen and oxygen atoms in total. The first-order chi connectivity index (χ1) is 36.8. The zero-order chi connectivity index (χ0) is 56.6. The van der Waals surface area contributed by atoms with Crippen LogP contribution in [0.25, 0.3) is 0 Å². The summed E-state index contributed by atoms with van der Waals surface area (Å²) in [7, 11) is 1.77. The number of ether oxygens (including phenoxy) is 9. The van der Waals surface area contributed by atoms with E-state index < -0.39 is 160 Å². The summed E-state index contributed by atoms with van der Waals surface area (Å²) in [5.41, 5.74) is 0.184. The third-order valence-electron chi connectivity index (χ3n) is 22.7. The van der Waals surface area contributed by atoms with Gasteiger partial charge in [-0.3, -0.25) is 0 Å². The molecular formula is C55H90O23. The van der Waals surface area contributed by atoms with E-state index in [0.29, 0.717) is 18.8 Å². The van der Waals surface area contributed by atoms with Crippen LogP contribution in [0.4, 0.5) is 0 Å². The van der Waals surface area contributed by atoms with Gasteiger partial charge in [-0.25, -0.2) is 0 Å². The molecule has 0 aromatic heterocycles. The Morgan fingerprint density at radius 3 is 1.65 bits per heavy atom. The average molecular weight is 1120 g/mol. The summed E-state index contributed by atoms with van der Waals surface area (Å²) >= 11 is 0. The van der Waals surface area contributed by atoms with Gasteiger partial charge >= 0.3 is 0 Å². The Kier molecular flexibility index (Phi) is 16.7. The van der Waals surface area contributed by atoms with Crippen LogP contribution in [0.15, 0.2) is 11.6 Å². The lowest BCUT2D eigenvalue weighted by Gasteiger charge is -2.64. The van der Waals surface area contributed by atoms with E-state index in [1.165, 1.54) is 0 Å². The number of fused-ring (bicyclic) bond motifs is 4. The smallest absolute Gasteiger partial charge is 0.187 e. The summed E-state index contributed by atoms with van der Waals surface area (Å²) < 4.78 is 55.9. The number of methoxy groups -OCH3 is 1. The summed E-state index contributed by atoms with van der Waals surface area (Å²) in [6.07, 6.45) is -21.1. The van der Waals surface area contributed by atoms with Crippen molar-refractivity contribution in [1.82, 2.24) is 0 Å². The van der Waals surface area contributed by atoms with E-state index in [-0.39, 0.29) is 58.0 Å². The van der Waals surface area contributed by atoms with Crippen LogP contribution in [0.5, 0.6) is 0 Å². The molecule has 2 spiro atoms. The Bertz CT molecular complexity index is 2140. The molecule has 10 aliphatic rings. The maximum atomic E-state index is 12.0. The molecule has 10 rings (SSSR count). The molecule has 5 saturated carbocycles. The first-order valence-corrected chi connectivity index (χ1v) is 28.5. The summed E-state index contributed by atoms with van der Waals surface area (Å²) in [6, 6.07) is 0. The second kappa shape index (κ2) is 21.7. The monoisotopic (exact) mass is 1120 g/mol. The quantitative estimate of drug-likeness (QED) is 0.0765. The standard InChI is InChI=1S/C55H90O23/c1-23(20-71-47-41(68)37(64)33(60)28(17-57)73-47)8-9-26-24(2)46-51(5)14-15-54-22-53(54)13-12-25(50(3,4)31(53)10-11-32(54)52(51,6)21-55(46,70-7)78-26)43-44(39(66)35(62)27(16-56)72-43)76-49-45(40(67)36(63)30(19-59)75-49)77-48-42(69)38(65)34(61)29(18-58)74-48/h8,24-49,56-69H,9-22H2,1-7H3. The third kappa shape index (κ3) is 9.00. The zero-order valence-corrected chi connectivity index (χ0v) is 45.9. The molecule has 14 N–H and O–H groups in total. The SMILES string of the molecule is COC12CC3(C)C4CCC5C(C)(C)C(C6OC(CO)C(O)C(O)C6OC6OC(CO)C(O)C(O)C6OC6OC(CO)C(O)C(O)C6O)CCC56CC46CCC3(C)C1C(C)C(CC=C(C)COC1OC(CO)C(O)C(O)C1O)O2. The Balaban J connectivity index is 0.857. The van der Waals surface area contributed by atoms with Crippen LogP contribution in [-0.2, 0) is 42.6 Å². The normalized spacial score (nSPS) is 56.6. The fourth-order valence-electron chi connectivity index (χ4n) is 18.5. The molecule has 31 unspecified atom stereocenters. The molecule has 5 aliphatic carbocycles. The van der Waals surface area contributed by atoms with E-state index in [4.69, 9.17) is 42.6 Å². The van der Waals surface area contributed by atoms with E-state index in [1.807, 2.05) is 6.92 Å². The summed E-state index contributed by atoms with van der Waals surface area (Å²) in [4.78, 5) is 0. The Hall–Kier alpha value is -1.18. The molecule has 448 valence electrons. The maximum absolute atomic E-state index is 12.0. The van der Waals surface area contributed by atoms with Crippen molar-refractivity contribution in [2.45, 2.75) is 234 Å². The van der Waals surface area contributed by atoms with Crippen molar-refractivity contribution in [1.29, 1.82) is 0 Å². The molecule has 5 saturated heterocycles. The molecule has 5 heterocycles. The van der Waals surface area contributed by atoms with E-state index in [9.17, 15) is 71.5 Å². The minimum Gasteiger partial charge on any atom is -0.394 e. The molecule has 5 aliphatic heterocycles. The summed E-state index contributed by atoms with van der Waals surface area (Å²) in [6.45, 7) is 11.0. The average Bonchev–Trinajstić information content (AvgIpc) is 3.76. The highest BCUT2D eigenvalue weighted by Crippen LogP contribution is 2.90. The Labute approximate surface area is 455 Å². The minimum atomic E-state index is -1.90. The predicted molar refractivity (Wildman–Crippen MR) is 267 cm³/mol. The Morgan fingerprint density at radius 1 is 0.538 bits per heavy atom. The van der Waals surface area contributed by atoms with Crippen molar-refractivity contribution in [2.24, 2.45) is 56.7 Å². The molecule has 0 aromatic carbocycles. The largest absolute Gasteiger partial charge is 0.394 e. The highest BCUT2D eigenvalue weighted by Gasteiger charge is 2.85. The van der Waals surface area contributed by atoms with Gasteiger partial charge in [0.2, 0.25) is 0 Å². The van der Waals surface area contributed by atoms with Crippen LogP contribution in [0.1, 0.15) is 99.3 Å². The zero-order valence-electron chi connectivity index (χ0n) is 45.9. The third-order valence-corrected chi connectivity index (χ3v) is 22.7. The van der Waals surface area contributed by atoms with Crippen molar-refractivity contribution in [3.63, 3.8) is 0 Å². The number of hydrogen-bond donors (Lipinski definition) is 14.